The number of fused-ring (bicyclic) bond motifs is 2. The number of para-hydroxylation sites is 1. The predicted molar refractivity (Wildman–Crippen MR) is 160 cm³/mol. The number of hydrogen-bond donors (Lipinski definition) is 1. The molecule has 1 saturated carbocycles. The van der Waals surface area contributed by atoms with E-state index in [-0.39, 0.29) is 10.8 Å². The van der Waals surface area contributed by atoms with Crippen LogP contribution < -0.4 is 0 Å². The van der Waals surface area contributed by atoms with Gasteiger partial charge in [-0.3, -0.25) is 9.59 Å². The Morgan fingerprint density at radius 2 is 1.51 bits per heavy atom. The molecule has 0 aliphatic heterocycles. The first-order valence-corrected chi connectivity index (χ1v) is 15.0. The number of benzene rings is 2. The Kier molecular flexibility index (Phi) is 7.52. The topological polar surface area (TPSA) is 53.2 Å². The summed E-state index contributed by atoms with van der Waals surface area (Å²) in [6, 6.07) is 14.3. The third-order valence-electron chi connectivity index (χ3n) is 9.95. The van der Waals surface area contributed by atoms with Crippen LogP contribution in [0.25, 0.3) is 10.9 Å². The van der Waals surface area contributed by atoms with Gasteiger partial charge < -0.3 is 9.88 Å². The molecule has 3 aromatic rings. The lowest BCUT2D eigenvalue weighted by molar-refractivity contribution is -0.127. The van der Waals surface area contributed by atoms with Crippen molar-refractivity contribution in [3.05, 3.63) is 70.4 Å². The molecule has 1 heterocycles. The number of hydrogen-bond acceptors (Lipinski definition) is 2. The SMILES string of the molecule is CCC1CCC(CN(Cc2cc3c(cc2C)C(C)(C)CCC3(C)C)C(=O)C(=O)c2cc3ccccc3[nH]2)CC1. The third-order valence-corrected chi connectivity index (χ3v) is 9.95. The maximum atomic E-state index is 13.9. The lowest BCUT2D eigenvalue weighted by Crippen LogP contribution is -2.40. The van der Waals surface area contributed by atoms with Crippen LogP contribution in [0.3, 0.4) is 0 Å². The number of nitrogens with one attached hydrogen (secondary N) is 1. The van der Waals surface area contributed by atoms with Crippen molar-refractivity contribution in [3.63, 3.8) is 0 Å². The molecule has 4 nitrogen and oxygen atoms in total. The second kappa shape index (κ2) is 10.6. The van der Waals surface area contributed by atoms with Crippen LogP contribution in [0.15, 0.2) is 42.5 Å². The highest BCUT2D eigenvalue weighted by molar-refractivity contribution is 6.42. The molecule has 0 atom stereocenters. The molecule has 1 amide bonds. The highest BCUT2D eigenvalue weighted by Crippen LogP contribution is 2.46. The molecule has 0 radical (unpaired) electrons. The summed E-state index contributed by atoms with van der Waals surface area (Å²) in [4.78, 5) is 32.5. The molecule has 39 heavy (non-hydrogen) atoms. The first kappa shape index (κ1) is 27.7. The third kappa shape index (κ3) is 5.58. The van der Waals surface area contributed by atoms with Gasteiger partial charge in [0.15, 0.2) is 0 Å². The van der Waals surface area contributed by atoms with Crippen LogP contribution in [0.2, 0.25) is 0 Å². The largest absolute Gasteiger partial charge is 0.352 e. The lowest BCUT2D eigenvalue weighted by atomic mass is 9.62. The predicted octanol–water partition coefficient (Wildman–Crippen LogP) is 8.25. The Labute approximate surface area is 234 Å². The van der Waals surface area contributed by atoms with Crippen LogP contribution >= 0.6 is 0 Å². The van der Waals surface area contributed by atoms with E-state index in [1.165, 1.54) is 47.9 Å². The molecule has 4 heteroatoms. The van der Waals surface area contributed by atoms with Crippen molar-refractivity contribution in [2.24, 2.45) is 11.8 Å². The second-order valence-corrected chi connectivity index (χ2v) is 13.7. The van der Waals surface area contributed by atoms with Gasteiger partial charge in [0, 0.05) is 24.0 Å². The molecule has 0 unspecified atom stereocenters. The summed E-state index contributed by atoms with van der Waals surface area (Å²) >= 11 is 0. The minimum atomic E-state index is -0.439. The van der Waals surface area contributed by atoms with Crippen LogP contribution in [0.5, 0.6) is 0 Å². The Hall–Kier alpha value is -2.88. The van der Waals surface area contributed by atoms with E-state index >= 15 is 0 Å². The van der Waals surface area contributed by atoms with Crippen molar-refractivity contribution in [2.75, 3.05) is 6.54 Å². The average molecular weight is 527 g/mol. The average Bonchev–Trinajstić information content (AvgIpc) is 3.36. The van der Waals surface area contributed by atoms with Gasteiger partial charge in [-0.2, -0.15) is 0 Å². The van der Waals surface area contributed by atoms with Gasteiger partial charge in [-0.05, 0) is 89.7 Å². The number of aryl methyl sites for hydroxylation is 1. The highest BCUT2D eigenvalue weighted by Gasteiger charge is 2.38. The number of Topliss-reactive ketones (excluding diaryl/α,β-unsaturated/α-hetero) is 1. The van der Waals surface area contributed by atoms with E-state index in [2.05, 4.69) is 58.7 Å². The van der Waals surface area contributed by atoms with Gasteiger partial charge in [-0.25, -0.2) is 0 Å². The number of ketones is 1. The van der Waals surface area contributed by atoms with E-state index in [0.29, 0.717) is 24.7 Å². The number of amides is 1. The van der Waals surface area contributed by atoms with Crippen molar-refractivity contribution in [1.82, 2.24) is 9.88 Å². The van der Waals surface area contributed by atoms with Crippen LogP contribution in [0.4, 0.5) is 0 Å². The highest BCUT2D eigenvalue weighted by atomic mass is 16.2. The molecular weight excluding hydrogens is 480 g/mol. The summed E-state index contributed by atoms with van der Waals surface area (Å²) < 4.78 is 0. The molecule has 1 fully saturated rings. The summed E-state index contributed by atoms with van der Waals surface area (Å²) in [5.74, 6) is 0.411. The maximum Gasteiger partial charge on any atom is 0.296 e. The molecule has 2 aromatic carbocycles. The van der Waals surface area contributed by atoms with Gasteiger partial charge >= 0.3 is 0 Å². The van der Waals surface area contributed by atoms with E-state index in [0.717, 1.165) is 36.1 Å². The van der Waals surface area contributed by atoms with Crippen LogP contribution in [0.1, 0.15) is 112 Å². The van der Waals surface area contributed by atoms with E-state index < -0.39 is 11.7 Å². The molecule has 208 valence electrons. The maximum absolute atomic E-state index is 13.9. The zero-order chi connectivity index (χ0) is 27.9. The molecule has 2 aliphatic carbocycles. The van der Waals surface area contributed by atoms with Crippen molar-refractivity contribution >= 4 is 22.6 Å². The summed E-state index contributed by atoms with van der Waals surface area (Å²) in [6.45, 7) is 15.0. The van der Waals surface area contributed by atoms with E-state index in [4.69, 9.17) is 0 Å². The van der Waals surface area contributed by atoms with Crippen LogP contribution in [-0.2, 0) is 22.2 Å². The number of nitrogens with zero attached hydrogens (tertiary/aromatic N) is 1. The second-order valence-electron chi connectivity index (χ2n) is 13.7. The first-order chi connectivity index (χ1) is 18.5. The monoisotopic (exact) mass is 526 g/mol. The van der Waals surface area contributed by atoms with Gasteiger partial charge in [-0.1, -0.05) is 84.2 Å². The molecule has 5 rings (SSSR count). The molecule has 1 N–H and O–H groups in total. The zero-order valence-electron chi connectivity index (χ0n) is 24.8. The Morgan fingerprint density at radius 1 is 0.897 bits per heavy atom. The molecular formula is C35H46N2O2. The van der Waals surface area contributed by atoms with Crippen molar-refractivity contribution in [3.8, 4) is 0 Å². The normalized spacial score (nSPS) is 21.9. The minimum Gasteiger partial charge on any atom is -0.352 e. The molecule has 2 aliphatic rings. The summed E-state index contributed by atoms with van der Waals surface area (Å²) in [5, 5.41) is 0.952. The van der Waals surface area contributed by atoms with Gasteiger partial charge in [0.2, 0.25) is 0 Å². The van der Waals surface area contributed by atoms with Crippen molar-refractivity contribution in [2.45, 2.75) is 104 Å². The van der Waals surface area contributed by atoms with E-state index in [9.17, 15) is 9.59 Å². The summed E-state index contributed by atoms with van der Waals surface area (Å²) in [6.07, 6.45) is 8.27. The number of carbonyl (C=O) groups is 2. The molecule has 0 saturated heterocycles. The number of carbonyl (C=O) groups excluding carboxylic acids is 2. The smallest absolute Gasteiger partial charge is 0.296 e. The van der Waals surface area contributed by atoms with E-state index in [1.54, 1.807) is 0 Å². The van der Waals surface area contributed by atoms with Gasteiger partial charge in [0.25, 0.3) is 11.7 Å². The molecule has 0 spiro atoms. The standard InChI is InChI=1S/C35H46N2O2/c1-7-24-12-14-25(15-13-24)21-37(33(39)32(38)31-20-26-10-8-9-11-30(26)36-31)22-27-19-29-28(18-23(27)2)34(3,4)16-17-35(29,5)6/h8-11,18-20,24-25,36H,7,12-17,21-22H2,1-6H3. The fraction of sp³-hybridized carbons (Fsp3) is 0.543. The summed E-state index contributed by atoms with van der Waals surface area (Å²) in [7, 11) is 0. The quantitative estimate of drug-likeness (QED) is 0.249. The fourth-order valence-electron chi connectivity index (χ4n) is 6.95. The first-order valence-electron chi connectivity index (χ1n) is 15.0. The number of aromatic amines is 1. The molecule has 1 aromatic heterocycles. The van der Waals surface area contributed by atoms with Gasteiger partial charge in [0.05, 0.1) is 5.69 Å². The van der Waals surface area contributed by atoms with Gasteiger partial charge in [-0.15, -0.1) is 0 Å². The number of aromatic nitrogens is 1. The molecule has 0 bridgehead atoms. The van der Waals surface area contributed by atoms with Crippen LogP contribution in [-0.4, -0.2) is 28.1 Å². The Bertz CT molecular complexity index is 1340. The number of H-pyrrole nitrogens is 1. The minimum absolute atomic E-state index is 0.0981. The van der Waals surface area contributed by atoms with Crippen molar-refractivity contribution in [1.29, 1.82) is 0 Å². The van der Waals surface area contributed by atoms with Gasteiger partial charge in [0.1, 0.15) is 0 Å². The van der Waals surface area contributed by atoms with E-state index in [1.807, 2.05) is 35.2 Å². The Morgan fingerprint density at radius 3 is 2.15 bits per heavy atom. The zero-order valence-corrected chi connectivity index (χ0v) is 24.8. The van der Waals surface area contributed by atoms with Crippen molar-refractivity contribution < 1.29 is 9.59 Å². The lowest BCUT2D eigenvalue weighted by Gasteiger charge is -2.42. The van der Waals surface area contributed by atoms with Crippen LogP contribution in [0, 0.1) is 18.8 Å². The number of rotatable bonds is 7. The summed E-state index contributed by atoms with van der Waals surface area (Å²) in [5.41, 5.74) is 6.72. The fourth-order valence-corrected chi connectivity index (χ4v) is 6.95. The Balaban J connectivity index is 1.46.